The van der Waals surface area contributed by atoms with E-state index in [0.29, 0.717) is 18.3 Å². The van der Waals surface area contributed by atoms with Crippen LogP contribution >= 0.6 is 0 Å². The van der Waals surface area contributed by atoms with Crippen molar-refractivity contribution in [3.63, 3.8) is 0 Å². The Morgan fingerprint density at radius 1 is 1.45 bits per heavy atom. The first-order valence-electron chi connectivity index (χ1n) is 3.73. The molecule has 0 saturated heterocycles. The first-order chi connectivity index (χ1) is 5.36. The molecule has 56 valence electrons. The largest absolute Gasteiger partial charge is 0.304 e. The lowest BCUT2D eigenvalue weighted by Gasteiger charge is -2.22. The van der Waals surface area contributed by atoms with Crippen LogP contribution in [0.2, 0.25) is 0 Å². The highest BCUT2D eigenvalue weighted by Crippen LogP contribution is 2.13. The van der Waals surface area contributed by atoms with Gasteiger partial charge in [0.25, 0.3) is 0 Å². The molecule has 1 aliphatic carbocycles. The number of rotatable bonds is 0. The van der Waals surface area contributed by atoms with Gasteiger partial charge in [-0.1, -0.05) is 24.3 Å². The zero-order chi connectivity index (χ0) is 7.68. The highest BCUT2D eigenvalue weighted by atomic mass is 14.9. The van der Waals surface area contributed by atoms with Crippen LogP contribution in [0.5, 0.6) is 0 Å². The number of allylic oxidation sites excluding steroid dienone is 2. The Morgan fingerprint density at radius 2 is 2.36 bits per heavy atom. The number of hydrogen-bond donors (Lipinski definition) is 2. The fourth-order valence-corrected chi connectivity index (χ4v) is 1.35. The van der Waals surface area contributed by atoms with Gasteiger partial charge >= 0.3 is 0 Å². The van der Waals surface area contributed by atoms with E-state index >= 15 is 0 Å². The molecule has 0 bridgehead atoms. The van der Waals surface area contributed by atoms with Crippen molar-refractivity contribution < 1.29 is 0 Å². The smallest absolute Gasteiger partial charge is 0.0513 e. The van der Waals surface area contributed by atoms with Gasteiger partial charge in [0.15, 0.2) is 0 Å². The van der Waals surface area contributed by atoms with E-state index in [1.807, 2.05) is 24.3 Å². The van der Waals surface area contributed by atoms with E-state index in [9.17, 15) is 0 Å². The lowest BCUT2D eigenvalue weighted by molar-refractivity contribution is 0.714. The molecule has 0 saturated carbocycles. The van der Waals surface area contributed by atoms with Crippen LogP contribution in [-0.2, 0) is 0 Å². The van der Waals surface area contributed by atoms with Gasteiger partial charge in [0, 0.05) is 12.3 Å². The summed E-state index contributed by atoms with van der Waals surface area (Å²) in [5, 5.41) is 10.7. The topological polar surface area (TPSA) is 35.9 Å². The summed E-state index contributed by atoms with van der Waals surface area (Å²) in [6.45, 7) is 0.687. The maximum atomic E-state index is 7.41. The van der Waals surface area contributed by atoms with E-state index in [0.717, 1.165) is 0 Å². The molecule has 0 spiro atoms. The summed E-state index contributed by atoms with van der Waals surface area (Å²) in [5.74, 6) is 0. The van der Waals surface area contributed by atoms with Gasteiger partial charge in [-0.2, -0.15) is 0 Å². The average molecular weight is 146 g/mol. The summed E-state index contributed by atoms with van der Waals surface area (Å²) in [5.41, 5.74) is 1.86. The second kappa shape index (κ2) is 2.47. The molecule has 0 fully saturated rings. The summed E-state index contributed by atoms with van der Waals surface area (Å²) >= 11 is 0. The lowest BCUT2D eigenvalue weighted by atomic mass is 9.97. The van der Waals surface area contributed by atoms with E-state index in [-0.39, 0.29) is 0 Å². The summed E-state index contributed by atoms with van der Waals surface area (Å²) in [4.78, 5) is 0. The first kappa shape index (κ1) is 6.55. The third-order valence-electron chi connectivity index (χ3n) is 1.92. The molecule has 2 rings (SSSR count). The second-order valence-corrected chi connectivity index (χ2v) is 2.77. The lowest BCUT2D eigenvalue weighted by Crippen LogP contribution is -2.37. The van der Waals surface area contributed by atoms with E-state index in [1.54, 1.807) is 0 Å². The molecule has 1 aliphatic heterocycles. The Labute approximate surface area is 65.8 Å². The highest BCUT2D eigenvalue weighted by Gasteiger charge is 2.15. The molecule has 11 heavy (non-hydrogen) atoms. The molecule has 1 unspecified atom stereocenters. The molecule has 0 aromatic heterocycles. The maximum absolute atomic E-state index is 7.41. The van der Waals surface area contributed by atoms with Crippen LogP contribution in [0.15, 0.2) is 36.0 Å². The standard InChI is InChI=1S/C9H10N2/c10-8-5-7-3-1-2-4-9(7)11-6-8/h1-5,9-11H,6H2. The first-order valence-corrected chi connectivity index (χ1v) is 3.73. The van der Waals surface area contributed by atoms with Gasteiger partial charge in [-0.3, -0.25) is 0 Å². The molecule has 0 aromatic carbocycles. The SMILES string of the molecule is N=C1C=C2C=CC=CC2NC1. The van der Waals surface area contributed by atoms with Crippen LogP contribution < -0.4 is 5.32 Å². The summed E-state index contributed by atoms with van der Waals surface area (Å²) in [7, 11) is 0. The van der Waals surface area contributed by atoms with Crippen molar-refractivity contribution in [1.29, 1.82) is 5.41 Å². The summed E-state index contributed by atoms with van der Waals surface area (Å²) in [6.07, 6.45) is 10.1. The number of hydrogen-bond acceptors (Lipinski definition) is 2. The second-order valence-electron chi connectivity index (χ2n) is 2.77. The zero-order valence-corrected chi connectivity index (χ0v) is 6.17. The van der Waals surface area contributed by atoms with E-state index < -0.39 is 0 Å². The van der Waals surface area contributed by atoms with Crippen LogP contribution in [0.3, 0.4) is 0 Å². The van der Waals surface area contributed by atoms with Crippen molar-refractivity contribution in [2.75, 3.05) is 6.54 Å². The minimum absolute atomic E-state index is 0.342. The zero-order valence-electron chi connectivity index (χ0n) is 6.17. The quantitative estimate of drug-likeness (QED) is 0.526. The van der Waals surface area contributed by atoms with Crippen LogP contribution in [0.1, 0.15) is 0 Å². The predicted octanol–water partition coefficient (Wildman–Crippen LogP) is 1.03. The molecule has 2 nitrogen and oxygen atoms in total. The molecule has 0 aromatic rings. The third-order valence-corrected chi connectivity index (χ3v) is 1.92. The van der Waals surface area contributed by atoms with Gasteiger partial charge in [-0.25, -0.2) is 0 Å². The summed E-state index contributed by atoms with van der Waals surface area (Å²) in [6, 6.07) is 0.342. The van der Waals surface area contributed by atoms with Crippen molar-refractivity contribution >= 4 is 5.71 Å². The maximum Gasteiger partial charge on any atom is 0.0513 e. The van der Waals surface area contributed by atoms with Crippen LogP contribution in [0.4, 0.5) is 0 Å². The Kier molecular flexibility index (Phi) is 1.47. The highest BCUT2D eigenvalue weighted by molar-refractivity contribution is 5.96. The minimum Gasteiger partial charge on any atom is -0.304 e. The molecule has 2 heteroatoms. The van der Waals surface area contributed by atoms with Crippen molar-refractivity contribution in [2.24, 2.45) is 0 Å². The Hall–Kier alpha value is -1.15. The molecule has 2 N–H and O–H groups in total. The summed E-state index contributed by atoms with van der Waals surface area (Å²) < 4.78 is 0. The predicted molar refractivity (Wildman–Crippen MR) is 45.9 cm³/mol. The third kappa shape index (κ3) is 1.17. The molecule has 2 aliphatic rings. The van der Waals surface area contributed by atoms with Crippen molar-refractivity contribution in [1.82, 2.24) is 5.32 Å². The van der Waals surface area contributed by atoms with Gasteiger partial charge in [-0.05, 0) is 11.6 Å². The number of nitrogens with one attached hydrogen (secondary N) is 2. The van der Waals surface area contributed by atoms with Gasteiger partial charge < -0.3 is 10.7 Å². The van der Waals surface area contributed by atoms with Crippen LogP contribution in [0, 0.1) is 5.41 Å². The molecular formula is C9H10N2. The Morgan fingerprint density at radius 3 is 3.27 bits per heavy atom. The molecule has 0 amide bonds. The van der Waals surface area contributed by atoms with Gasteiger partial charge in [0.1, 0.15) is 0 Å². The molecule has 1 atom stereocenters. The fraction of sp³-hybridized carbons (Fsp3) is 0.222. The van der Waals surface area contributed by atoms with Gasteiger partial charge in [0.05, 0.1) is 6.04 Å². The Bertz CT molecular complexity index is 271. The van der Waals surface area contributed by atoms with Crippen molar-refractivity contribution in [2.45, 2.75) is 6.04 Å². The Balaban J connectivity index is 2.33. The normalized spacial score (nSPS) is 28.2. The van der Waals surface area contributed by atoms with Crippen LogP contribution in [0.25, 0.3) is 0 Å². The van der Waals surface area contributed by atoms with E-state index in [1.165, 1.54) is 5.57 Å². The minimum atomic E-state index is 0.342. The number of fused-ring (bicyclic) bond motifs is 1. The average Bonchev–Trinajstić information content (AvgIpc) is 2.04. The van der Waals surface area contributed by atoms with E-state index in [4.69, 9.17) is 5.41 Å². The van der Waals surface area contributed by atoms with Crippen molar-refractivity contribution in [3.05, 3.63) is 36.0 Å². The van der Waals surface area contributed by atoms with Gasteiger partial charge in [0.2, 0.25) is 0 Å². The molecule has 1 heterocycles. The van der Waals surface area contributed by atoms with E-state index in [2.05, 4.69) is 11.4 Å². The molecule has 0 radical (unpaired) electrons. The van der Waals surface area contributed by atoms with Crippen LogP contribution in [-0.4, -0.2) is 18.3 Å². The van der Waals surface area contributed by atoms with Gasteiger partial charge in [-0.15, -0.1) is 0 Å². The monoisotopic (exact) mass is 146 g/mol. The van der Waals surface area contributed by atoms with Crippen molar-refractivity contribution in [3.8, 4) is 0 Å². The fourth-order valence-electron chi connectivity index (χ4n) is 1.35. The molecular weight excluding hydrogens is 136 g/mol.